The van der Waals surface area contributed by atoms with Crippen molar-refractivity contribution in [3.8, 4) is 0 Å². The van der Waals surface area contributed by atoms with Crippen LogP contribution in [0, 0.1) is 46.3 Å². The van der Waals surface area contributed by atoms with Crippen LogP contribution in [0.2, 0.25) is 0 Å². The Hall–Kier alpha value is 1.59. The first-order chi connectivity index (χ1) is 14.8. The molecule has 0 spiro atoms. The zero-order valence-electron chi connectivity index (χ0n) is 20.4. The number of carbonyl (C=O) groups excluding carboxylic acids is 1. The molecule has 4 aliphatic rings. The van der Waals surface area contributed by atoms with Gasteiger partial charge in [-0.1, -0.05) is 97.3 Å². The molecule has 1 nitrogen and oxygen atoms in total. The third kappa shape index (κ3) is 4.44. The van der Waals surface area contributed by atoms with Crippen LogP contribution in [0.4, 0.5) is 0 Å². The third-order valence-corrected chi connectivity index (χ3v) is 16.2. The SMILES string of the molecule is C[C@H](CCC(=O)C(C)(Br)C(Br)(Br)Br)[C@H]1CC[C@H]2[C@@H]3CCC4CCCC[C@]4(C)[C@H]3CC[C@]12C. The van der Waals surface area contributed by atoms with Gasteiger partial charge in [0.2, 0.25) is 0 Å². The van der Waals surface area contributed by atoms with Gasteiger partial charge in [0.15, 0.2) is 7.93 Å². The van der Waals surface area contributed by atoms with E-state index in [-0.39, 0.29) is 5.78 Å². The van der Waals surface area contributed by atoms with Crippen LogP contribution in [0.5, 0.6) is 0 Å². The fourth-order valence-corrected chi connectivity index (χ4v) is 10.1. The second kappa shape index (κ2) is 9.47. The van der Waals surface area contributed by atoms with Gasteiger partial charge >= 0.3 is 0 Å². The number of Topliss-reactive ketones (excluding diaryl/α,β-unsaturated/α-hetero) is 1. The maximum atomic E-state index is 13.0. The first-order valence-corrected chi connectivity index (χ1v) is 16.3. The Bertz CT molecular complexity index is 715. The fraction of sp³-hybridized carbons (Fsp3) is 0.963. The summed E-state index contributed by atoms with van der Waals surface area (Å²) in [5.74, 6) is 5.52. The number of hydrogen-bond donors (Lipinski definition) is 0. The summed E-state index contributed by atoms with van der Waals surface area (Å²) < 4.78 is -1.29. The number of fused-ring (bicyclic) bond motifs is 5. The van der Waals surface area contributed by atoms with Gasteiger partial charge in [-0.05, 0) is 111 Å². The van der Waals surface area contributed by atoms with Crippen LogP contribution in [0.3, 0.4) is 0 Å². The van der Waals surface area contributed by atoms with Gasteiger partial charge in [0.05, 0.1) is 0 Å². The van der Waals surface area contributed by atoms with Crippen molar-refractivity contribution in [1.29, 1.82) is 0 Å². The maximum Gasteiger partial charge on any atom is 0.156 e. The Kier molecular flexibility index (Phi) is 7.89. The molecule has 32 heavy (non-hydrogen) atoms. The molecule has 0 aromatic heterocycles. The lowest BCUT2D eigenvalue weighted by Crippen LogP contribution is -2.53. The normalized spacial score (nSPS) is 44.7. The van der Waals surface area contributed by atoms with Gasteiger partial charge in [0, 0.05) is 6.42 Å². The van der Waals surface area contributed by atoms with Gasteiger partial charge in [0.1, 0.15) is 4.32 Å². The molecule has 0 amide bonds. The van der Waals surface area contributed by atoms with Crippen molar-refractivity contribution >= 4 is 69.5 Å². The minimum Gasteiger partial charge on any atom is -0.298 e. The second-order valence-electron chi connectivity index (χ2n) is 12.6. The molecule has 0 aromatic rings. The van der Waals surface area contributed by atoms with E-state index >= 15 is 0 Å². The summed E-state index contributed by atoms with van der Waals surface area (Å²) in [4.78, 5) is 13.0. The van der Waals surface area contributed by atoms with Crippen LogP contribution >= 0.6 is 63.7 Å². The van der Waals surface area contributed by atoms with Gasteiger partial charge in [-0.3, -0.25) is 4.79 Å². The zero-order chi connectivity index (χ0) is 23.5. The van der Waals surface area contributed by atoms with E-state index in [1.807, 2.05) is 6.92 Å². The van der Waals surface area contributed by atoms with Crippen molar-refractivity contribution in [2.24, 2.45) is 46.3 Å². The van der Waals surface area contributed by atoms with Crippen LogP contribution in [-0.4, -0.2) is 12.3 Å². The van der Waals surface area contributed by atoms with E-state index in [0.717, 1.165) is 36.0 Å². The van der Waals surface area contributed by atoms with E-state index in [1.54, 1.807) is 0 Å². The maximum absolute atomic E-state index is 13.0. The molecule has 5 heteroatoms. The Morgan fingerprint density at radius 2 is 1.59 bits per heavy atom. The smallest absolute Gasteiger partial charge is 0.156 e. The molecule has 0 bridgehead atoms. The monoisotopic (exact) mass is 698 g/mol. The quantitative estimate of drug-likeness (QED) is 0.261. The van der Waals surface area contributed by atoms with Gasteiger partial charge in [-0.25, -0.2) is 0 Å². The molecule has 9 atom stereocenters. The first kappa shape index (κ1) is 26.6. The van der Waals surface area contributed by atoms with E-state index < -0.39 is 6.47 Å². The standard InChI is InChI=1S/C27H42Br4O/c1-17(8-13-23(32)26(4,28)27(29,30)31)20-11-12-21-19-10-9-18-7-5-6-15-24(18,2)22(19)14-16-25(20,21)3/h17-22H,5-16H2,1-4H3/t17-,18?,19+,20-,21+,22+,24+,25-,26?/m1/s1. The van der Waals surface area contributed by atoms with Gasteiger partial charge < -0.3 is 0 Å². The largest absolute Gasteiger partial charge is 0.298 e. The number of alkyl halides is 4. The molecule has 2 unspecified atom stereocenters. The topological polar surface area (TPSA) is 17.1 Å². The highest BCUT2D eigenvalue weighted by molar-refractivity contribution is 9.40. The number of rotatable bonds is 5. The van der Waals surface area contributed by atoms with E-state index in [1.165, 1.54) is 64.2 Å². The molecule has 0 heterocycles. The minimum absolute atomic E-state index is 0.252. The molecule has 0 saturated heterocycles. The van der Waals surface area contributed by atoms with E-state index in [2.05, 4.69) is 84.5 Å². The van der Waals surface area contributed by atoms with Crippen molar-refractivity contribution in [1.82, 2.24) is 0 Å². The minimum atomic E-state index is -0.673. The average molecular weight is 702 g/mol. The number of ketones is 1. The summed E-state index contributed by atoms with van der Waals surface area (Å²) in [7, 11) is 0. The number of hydrogen-bond acceptors (Lipinski definition) is 1. The Balaban J connectivity index is 1.43. The van der Waals surface area contributed by atoms with Gasteiger partial charge in [0.25, 0.3) is 0 Å². The second-order valence-corrected chi connectivity index (χ2v) is 20.9. The molecule has 4 fully saturated rings. The van der Waals surface area contributed by atoms with Gasteiger partial charge in [-0.15, -0.1) is 0 Å². The van der Waals surface area contributed by atoms with Crippen molar-refractivity contribution in [2.45, 2.75) is 111 Å². The van der Waals surface area contributed by atoms with Crippen molar-refractivity contribution in [3.05, 3.63) is 0 Å². The summed E-state index contributed by atoms with van der Waals surface area (Å²) in [6.45, 7) is 9.71. The predicted octanol–water partition coefficient (Wildman–Crippen LogP) is 10.0. The van der Waals surface area contributed by atoms with Crippen LogP contribution < -0.4 is 0 Å². The Labute approximate surface area is 230 Å². The Morgan fingerprint density at radius 3 is 2.28 bits per heavy atom. The van der Waals surface area contributed by atoms with Crippen molar-refractivity contribution < 1.29 is 4.79 Å². The van der Waals surface area contributed by atoms with Crippen molar-refractivity contribution in [2.75, 3.05) is 0 Å². The molecule has 0 aliphatic heterocycles. The van der Waals surface area contributed by atoms with Crippen LogP contribution in [0.25, 0.3) is 0 Å². The highest BCUT2D eigenvalue weighted by Gasteiger charge is 2.60. The molecule has 4 rings (SSSR count). The predicted molar refractivity (Wildman–Crippen MR) is 150 cm³/mol. The highest BCUT2D eigenvalue weighted by atomic mass is 80.0. The molecule has 4 saturated carbocycles. The first-order valence-electron chi connectivity index (χ1n) is 13.1. The highest BCUT2D eigenvalue weighted by Crippen LogP contribution is 2.68. The summed E-state index contributed by atoms with van der Waals surface area (Å²) in [6.07, 6.45) is 16.3. The lowest BCUT2D eigenvalue weighted by atomic mass is 9.44. The van der Waals surface area contributed by atoms with Crippen LogP contribution in [0.1, 0.15) is 105 Å². The van der Waals surface area contributed by atoms with Crippen LogP contribution in [0.15, 0.2) is 0 Å². The summed E-state index contributed by atoms with van der Waals surface area (Å²) >= 11 is 14.3. The molecule has 0 N–H and O–H groups in total. The lowest BCUT2D eigenvalue weighted by Gasteiger charge is -2.61. The Morgan fingerprint density at radius 1 is 0.906 bits per heavy atom. The van der Waals surface area contributed by atoms with E-state index in [0.29, 0.717) is 23.2 Å². The fourth-order valence-electron chi connectivity index (χ4n) is 9.22. The average Bonchev–Trinajstić information content (AvgIpc) is 3.07. The van der Waals surface area contributed by atoms with E-state index in [4.69, 9.17) is 0 Å². The summed E-state index contributed by atoms with van der Waals surface area (Å²) in [5.41, 5.74) is 1.12. The van der Waals surface area contributed by atoms with Gasteiger partial charge in [-0.2, -0.15) is 0 Å². The zero-order valence-corrected chi connectivity index (χ0v) is 26.7. The summed E-state index contributed by atoms with van der Waals surface area (Å²) in [6, 6.07) is 0. The van der Waals surface area contributed by atoms with Crippen molar-refractivity contribution in [3.63, 3.8) is 0 Å². The van der Waals surface area contributed by atoms with Crippen LogP contribution in [-0.2, 0) is 4.79 Å². The number of carbonyl (C=O) groups is 1. The molecule has 4 aliphatic carbocycles. The number of halogens is 4. The lowest BCUT2D eigenvalue weighted by molar-refractivity contribution is -0.122. The van der Waals surface area contributed by atoms with E-state index in [9.17, 15) is 4.79 Å². The third-order valence-electron chi connectivity index (χ3n) is 11.2. The molecule has 0 aromatic carbocycles. The molecular weight excluding hydrogens is 660 g/mol. The summed E-state index contributed by atoms with van der Waals surface area (Å²) in [5, 5.41) is 0. The molecular formula is C27H42Br4O. The molecule has 0 radical (unpaired) electrons. The molecule has 184 valence electrons.